The third-order valence-corrected chi connectivity index (χ3v) is 3.29. The maximum Gasteiger partial charge on any atom is 0.251 e. The minimum atomic E-state index is -0.288. The van der Waals surface area contributed by atoms with Crippen molar-refractivity contribution >= 4 is 17.8 Å². The lowest BCUT2D eigenvalue weighted by molar-refractivity contribution is -0.121. The van der Waals surface area contributed by atoms with Crippen LogP contribution in [0.1, 0.15) is 38.1 Å². The number of benzene rings is 1. The van der Waals surface area contributed by atoms with Gasteiger partial charge in [0.1, 0.15) is 12.3 Å². The van der Waals surface area contributed by atoms with Gasteiger partial charge in [-0.3, -0.25) is 9.59 Å². The second-order valence-corrected chi connectivity index (χ2v) is 6.90. The predicted molar refractivity (Wildman–Crippen MR) is 107 cm³/mol. The molecule has 0 spiro atoms. The molecule has 0 unspecified atom stereocenters. The van der Waals surface area contributed by atoms with E-state index in [9.17, 15) is 9.59 Å². The molecule has 0 heterocycles. The number of hydrogen-bond donors (Lipinski definition) is 4. The summed E-state index contributed by atoms with van der Waals surface area (Å²) in [7, 11) is 1.58. The van der Waals surface area contributed by atoms with E-state index in [4.69, 9.17) is 4.74 Å². The molecule has 0 radical (unpaired) electrons. The third kappa shape index (κ3) is 9.48. The molecule has 0 saturated carbocycles. The number of carbonyl (C=O) groups excluding carboxylic acids is 2. The predicted octanol–water partition coefficient (Wildman–Crippen LogP) is 0.895. The van der Waals surface area contributed by atoms with Gasteiger partial charge in [-0.1, -0.05) is 0 Å². The van der Waals surface area contributed by atoms with Crippen LogP contribution in [-0.4, -0.2) is 56.6 Å². The zero-order valence-corrected chi connectivity index (χ0v) is 16.8. The zero-order valence-electron chi connectivity index (χ0n) is 16.8. The molecule has 0 saturated heterocycles. The Balaban J connectivity index is 2.42. The maximum absolute atomic E-state index is 12.1. The summed E-state index contributed by atoms with van der Waals surface area (Å²) in [5.41, 5.74) is 0.277. The fourth-order valence-electron chi connectivity index (χ4n) is 2.15. The molecule has 150 valence electrons. The number of hydrogen-bond acceptors (Lipinski definition) is 4. The fourth-order valence-corrected chi connectivity index (χ4v) is 2.15. The van der Waals surface area contributed by atoms with Gasteiger partial charge in [0.25, 0.3) is 5.91 Å². The molecule has 0 fully saturated rings. The first-order valence-corrected chi connectivity index (χ1v) is 9.00. The highest BCUT2D eigenvalue weighted by Crippen LogP contribution is 2.10. The smallest absolute Gasteiger partial charge is 0.251 e. The van der Waals surface area contributed by atoms with Crippen molar-refractivity contribution in [2.24, 2.45) is 4.99 Å². The first-order valence-electron chi connectivity index (χ1n) is 9.00. The van der Waals surface area contributed by atoms with Crippen molar-refractivity contribution in [2.45, 2.75) is 33.2 Å². The van der Waals surface area contributed by atoms with Gasteiger partial charge in [-0.25, -0.2) is 4.99 Å². The molecule has 2 amide bonds. The van der Waals surface area contributed by atoms with Crippen molar-refractivity contribution in [1.82, 2.24) is 21.3 Å². The van der Waals surface area contributed by atoms with Crippen LogP contribution in [0, 0.1) is 0 Å². The van der Waals surface area contributed by atoms with Crippen LogP contribution in [0.2, 0.25) is 0 Å². The van der Waals surface area contributed by atoms with Crippen LogP contribution in [0.5, 0.6) is 5.75 Å². The highest BCUT2D eigenvalue weighted by Gasteiger charge is 2.13. The van der Waals surface area contributed by atoms with Crippen LogP contribution in [0.25, 0.3) is 0 Å². The summed E-state index contributed by atoms with van der Waals surface area (Å²) in [6.07, 6.45) is 0. The van der Waals surface area contributed by atoms with Gasteiger partial charge >= 0.3 is 0 Å². The molecule has 1 aromatic rings. The Hall–Kier alpha value is -2.77. The van der Waals surface area contributed by atoms with Crippen LogP contribution in [0.4, 0.5) is 0 Å². The summed E-state index contributed by atoms with van der Waals surface area (Å²) in [6, 6.07) is 6.90. The van der Waals surface area contributed by atoms with E-state index in [0.717, 1.165) is 0 Å². The van der Waals surface area contributed by atoms with E-state index in [-0.39, 0.29) is 23.9 Å². The molecular formula is C19H31N5O3. The van der Waals surface area contributed by atoms with Gasteiger partial charge in [0.2, 0.25) is 5.91 Å². The number of nitrogens with zero attached hydrogens (tertiary/aromatic N) is 1. The summed E-state index contributed by atoms with van der Waals surface area (Å²) < 4.78 is 5.07. The van der Waals surface area contributed by atoms with E-state index in [0.29, 0.717) is 36.9 Å². The fraction of sp³-hybridized carbons (Fsp3) is 0.526. The van der Waals surface area contributed by atoms with E-state index in [1.165, 1.54) is 0 Å². The molecule has 1 rings (SSSR count). The summed E-state index contributed by atoms with van der Waals surface area (Å²) in [6.45, 7) is 9.31. The first kappa shape index (κ1) is 22.3. The Morgan fingerprint density at radius 2 is 1.67 bits per heavy atom. The molecule has 4 N–H and O–H groups in total. The first-order chi connectivity index (χ1) is 12.7. The molecule has 0 bridgehead atoms. The second-order valence-electron chi connectivity index (χ2n) is 6.90. The van der Waals surface area contributed by atoms with Gasteiger partial charge in [0, 0.05) is 30.7 Å². The zero-order chi connectivity index (χ0) is 20.3. The molecule has 0 aromatic heterocycles. The van der Waals surface area contributed by atoms with Crippen molar-refractivity contribution in [3.63, 3.8) is 0 Å². The molecule has 0 aliphatic carbocycles. The quantitative estimate of drug-likeness (QED) is 0.306. The monoisotopic (exact) mass is 377 g/mol. The number of rotatable bonds is 8. The highest BCUT2D eigenvalue weighted by molar-refractivity contribution is 5.94. The van der Waals surface area contributed by atoms with E-state index < -0.39 is 0 Å². The van der Waals surface area contributed by atoms with Gasteiger partial charge in [-0.2, -0.15) is 0 Å². The molecule has 0 aliphatic rings. The van der Waals surface area contributed by atoms with Crippen molar-refractivity contribution in [2.75, 3.05) is 33.3 Å². The minimum absolute atomic E-state index is 0.0326. The Morgan fingerprint density at radius 1 is 1.04 bits per heavy atom. The van der Waals surface area contributed by atoms with E-state index in [2.05, 4.69) is 26.3 Å². The lowest BCUT2D eigenvalue weighted by Gasteiger charge is -2.20. The summed E-state index contributed by atoms with van der Waals surface area (Å²) in [5, 5.41) is 11.8. The normalized spacial score (nSPS) is 11.5. The SMILES string of the molecule is CCNC(=NCC(=O)NC(C)(C)C)NCCNC(=O)c1ccc(OC)cc1. The number of methoxy groups -OCH3 is 1. The molecule has 0 atom stereocenters. The topological polar surface area (TPSA) is 104 Å². The molecule has 8 heteroatoms. The molecular weight excluding hydrogens is 346 g/mol. The van der Waals surface area contributed by atoms with E-state index in [1.807, 2.05) is 27.7 Å². The molecule has 0 aliphatic heterocycles. The standard InChI is InChI=1S/C19H31N5O3/c1-6-20-18(23-13-16(25)24-19(2,3)4)22-12-11-21-17(26)14-7-9-15(27-5)10-8-14/h7-10H,6,11-13H2,1-5H3,(H,21,26)(H,24,25)(H2,20,22,23). The van der Waals surface area contributed by atoms with Crippen LogP contribution in [0.15, 0.2) is 29.3 Å². The van der Waals surface area contributed by atoms with Crippen LogP contribution < -0.4 is 26.0 Å². The summed E-state index contributed by atoms with van der Waals surface area (Å²) in [5.74, 6) is 0.925. The van der Waals surface area contributed by atoms with Crippen LogP contribution in [-0.2, 0) is 4.79 Å². The van der Waals surface area contributed by atoms with Gasteiger partial charge in [0.15, 0.2) is 5.96 Å². The number of ether oxygens (including phenoxy) is 1. The summed E-state index contributed by atoms with van der Waals surface area (Å²) in [4.78, 5) is 28.2. The van der Waals surface area contributed by atoms with E-state index >= 15 is 0 Å². The van der Waals surface area contributed by atoms with Gasteiger partial charge in [-0.15, -0.1) is 0 Å². The Kier molecular flexibility index (Phi) is 9.12. The molecule has 1 aromatic carbocycles. The number of guanidine groups is 1. The molecule has 8 nitrogen and oxygen atoms in total. The number of carbonyl (C=O) groups is 2. The second kappa shape index (κ2) is 11.1. The number of amides is 2. The lowest BCUT2D eigenvalue weighted by atomic mass is 10.1. The Bertz CT molecular complexity index is 636. The van der Waals surface area contributed by atoms with Crippen molar-refractivity contribution in [3.05, 3.63) is 29.8 Å². The Morgan fingerprint density at radius 3 is 2.22 bits per heavy atom. The van der Waals surface area contributed by atoms with Crippen molar-refractivity contribution in [1.29, 1.82) is 0 Å². The number of aliphatic imine (C=N–C) groups is 1. The largest absolute Gasteiger partial charge is 0.497 e. The lowest BCUT2D eigenvalue weighted by Crippen LogP contribution is -2.44. The van der Waals surface area contributed by atoms with Crippen molar-refractivity contribution in [3.8, 4) is 5.75 Å². The maximum atomic E-state index is 12.1. The van der Waals surface area contributed by atoms with Gasteiger partial charge in [0.05, 0.1) is 7.11 Å². The van der Waals surface area contributed by atoms with Gasteiger partial charge < -0.3 is 26.0 Å². The molecule has 27 heavy (non-hydrogen) atoms. The highest BCUT2D eigenvalue weighted by atomic mass is 16.5. The average Bonchev–Trinajstić information content (AvgIpc) is 2.61. The van der Waals surface area contributed by atoms with Gasteiger partial charge in [-0.05, 0) is 52.0 Å². The van der Waals surface area contributed by atoms with E-state index in [1.54, 1.807) is 31.4 Å². The van der Waals surface area contributed by atoms with Crippen molar-refractivity contribution < 1.29 is 14.3 Å². The van der Waals surface area contributed by atoms with Crippen LogP contribution >= 0.6 is 0 Å². The Labute approximate surface area is 161 Å². The average molecular weight is 377 g/mol. The third-order valence-electron chi connectivity index (χ3n) is 3.29. The van der Waals surface area contributed by atoms with Crippen LogP contribution in [0.3, 0.4) is 0 Å². The summed E-state index contributed by atoms with van der Waals surface area (Å²) >= 11 is 0. The minimum Gasteiger partial charge on any atom is -0.497 e. The number of nitrogens with one attached hydrogen (secondary N) is 4.